The van der Waals surface area contributed by atoms with Crippen molar-refractivity contribution in [1.82, 2.24) is 9.80 Å². The van der Waals surface area contributed by atoms with Crippen LogP contribution >= 0.6 is 10.1 Å². The van der Waals surface area contributed by atoms with Gasteiger partial charge in [0, 0.05) is 0 Å². The van der Waals surface area contributed by atoms with E-state index < -0.39 is 5.60 Å². The molecule has 0 N–H and O–H groups in total. The second kappa shape index (κ2) is 6.26. The minimum atomic E-state index is -0.445. The SMILES string of the molecule is CN1C=CN(C(=O)OC(C)(C)C)[CH-]1.[Cl][Cu+]. The van der Waals surface area contributed by atoms with E-state index >= 15 is 0 Å². The van der Waals surface area contributed by atoms with Gasteiger partial charge < -0.3 is 14.5 Å². The Balaban J connectivity index is 0.000000921. The molecule has 1 aliphatic rings. The van der Waals surface area contributed by atoms with Gasteiger partial charge in [-0.25, -0.2) is 4.79 Å². The van der Waals surface area contributed by atoms with Crippen molar-refractivity contribution < 1.29 is 24.6 Å². The van der Waals surface area contributed by atoms with Crippen LogP contribution in [0, 0.1) is 6.67 Å². The Kier molecular flexibility index (Phi) is 6.10. The summed E-state index contributed by atoms with van der Waals surface area (Å²) in [5, 5.41) is 0. The molecular weight excluding hydrogens is 267 g/mol. The molecule has 1 amide bonds. The van der Waals surface area contributed by atoms with Crippen LogP contribution in [-0.2, 0) is 19.8 Å². The number of rotatable bonds is 0. The fourth-order valence-corrected chi connectivity index (χ4v) is 0.873. The summed E-state index contributed by atoms with van der Waals surface area (Å²) in [5.41, 5.74) is -0.445. The van der Waals surface area contributed by atoms with Crippen LogP contribution in [0.25, 0.3) is 0 Å². The predicted molar refractivity (Wildman–Crippen MR) is 55.1 cm³/mol. The van der Waals surface area contributed by atoms with Crippen LogP contribution in [0.2, 0.25) is 0 Å². The van der Waals surface area contributed by atoms with Gasteiger partial charge in [0.1, 0.15) is 5.60 Å². The molecule has 91 valence electrons. The molecule has 0 spiro atoms. The van der Waals surface area contributed by atoms with Gasteiger partial charge in [-0.3, -0.25) is 0 Å². The van der Waals surface area contributed by atoms with Crippen molar-refractivity contribution in [3.8, 4) is 0 Å². The third-order valence-corrected chi connectivity index (χ3v) is 1.37. The second-order valence-corrected chi connectivity index (χ2v) is 3.97. The van der Waals surface area contributed by atoms with E-state index in [4.69, 9.17) is 4.74 Å². The van der Waals surface area contributed by atoms with Crippen LogP contribution in [0.4, 0.5) is 4.79 Å². The molecule has 1 heterocycles. The summed E-state index contributed by atoms with van der Waals surface area (Å²) in [6.07, 6.45) is 3.09. The van der Waals surface area contributed by atoms with E-state index in [1.165, 1.54) is 4.90 Å². The molecule has 1 rings (SSSR count). The predicted octanol–water partition coefficient (Wildman–Crippen LogP) is 2.45. The minimum absolute atomic E-state index is 0.354. The standard InChI is InChI=1S/C9H15N2O2.ClH.Cu/c1-9(2,3)13-8(12)11-6-5-10(4)7-11;;/h5-7H,1-4H3;1H;/q-1;;+2/p-1. The number of hydrogen-bond acceptors (Lipinski definition) is 3. The molecule has 6 heteroatoms. The van der Waals surface area contributed by atoms with Crippen LogP contribution < -0.4 is 0 Å². The van der Waals surface area contributed by atoms with Gasteiger partial charge >= 0.3 is 31.3 Å². The third kappa shape index (κ3) is 5.92. The zero-order valence-corrected chi connectivity index (χ0v) is 10.8. The molecule has 0 aromatic heterocycles. The van der Waals surface area contributed by atoms with Crippen molar-refractivity contribution in [2.45, 2.75) is 26.4 Å². The second-order valence-electron chi connectivity index (χ2n) is 3.97. The molecule has 0 unspecified atom stereocenters. The molecule has 0 radical (unpaired) electrons. The molecule has 0 fully saturated rings. The Morgan fingerprint density at radius 1 is 1.40 bits per heavy atom. The Bertz CT molecular complexity index is 241. The molecule has 4 nitrogen and oxygen atoms in total. The van der Waals surface area contributed by atoms with Gasteiger partial charge in [0.15, 0.2) is 0 Å². The maximum absolute atomic E-state index is 11.4. The number of carbonyl (C=O) groups is 1. The van der Waals surface area contributed by atoms with Crippen molar-refractivity contribution in [3.63, 3.8) is 0 Å². The van der Waals surface area contributed by atoms with Crippen LogP contribution in [-0.4, -0.2) is 28.5 Å². The van der Waals surface area contributed by atoms with Crippen molar-refractivity contribution in [2.75, 3.05) is 7.05 Å². The summed E-state index contributed by atoms with van der Waals surface area (Å²) in [7, 11) is 6.05. The fraction of sp³-hybridized carbons (Fsp3) is 0.556. The third-order valence-electron chi connectivity index (χ3n) is 1.37. The first-order valence-electron chi connectivity index (χ1n) is 4.26. The molecule has 0 bridgehead atoms. The Morgan fingerprint density at radius 3 is 2.27 bits per heavy atom. The van der Waals surface area contributed by atoms with Crippen LogP contribution in [0.1, 0.15) is 20.8 Å². The van der Waals surface area contributed by atoms with Crippen LogP contribution in [0.5, 0.6) is 0 Å². The average Bonchev–Trinajstić information content (AvgIpc) is 2.52. The van der Waals surface area contributed by atoms with E-state index in [-0.39, 0.29) is 6.09 Å². The van der Waals surface area contributed by atoms with Crippen LogP contribution in [0.3, 0.4) is 0 Å². The topological polar surface area (TPSA) is 32.8 Å². The Hall–Kier alpha value is -0.381. The van der Waals surface area contributed by atoms with Crippen molar-refractivity contribution in [1.29, 1.82) is 0 Å². The van der Waals surface area contributed by atoms with Gasteiger partial charge in [-0.1, -0.05) is 0 Å². The average molecular weight is 282 g/mol. The summed E-state index contributed by atoms with van der Waals surface area (Å²) in [6.45, 7) is 7.19. The first-order chi connectivity index (χ1) is 6.88. The van der Waals surface area contributed by atoms with E-state index in [0.29, 0.717) is 0 Å². The quantitative estimate of drug-likeness (QED) is 0.505. The van der Waals surface area contributed by atoms with Crippen LogP contribution in [0.15, 0.2) is 12.4 Å². The number of carbonyl (C=O) groups excluding carboxylic acids is 1. The maximum atomic E-state index is 11.4. The van der Waals surface area contributed by atoms with Gasteiger partial charge in [0.2, 0.25) is 0 Å². The normalized spacial score (nSPS) is 14.9. The molecule has 0 aromatic carbocycles. The first-order valence-corrected chi connectivity index (χ1v) is 5.56. The Morgan fingerprint density at radius 2 is 1.93 bits per heavy atom. The van der Waals surface area contributed by atoms with E-state index in [9.17, 15) is 4.79 Å². The van der Waals surface area contributed by atoms with Crippen molar-refractivity contribution in [3.05, 3.63) is 19.1 Å². The molecule has 1 aliphatic heterocycles. The zero-order valence-electron chi connectivity index (χ0n) is 9.12. The summed E-state index contributed by atoms with van der Waals surface area (Å²) in [5.74, 6) is 0. The molecule has 0 aliphatic carbocycles. The number of halogens is 1. The van der Waals surface area contributed by atoms with Crippen molar-refractivity contribution >= 4 is 16.2 Å². The molecule has 15 heavy (non-hydrogen) atoms. The molecule has 0 aromatic rings. The van der Waals surface area contributed by atoms with E-state index in [1.807, 2.05) is 27.8 Å². The van der Waals surface area contributed by atoms with Gasteiger partial charge in [0.05, 0.1) is 0 Å². The van der Waals surface area contributed by atoms with Gasteiger partial charge in [-0.2, -0.15) is 0 Å². The fourth-order valence-electron chi connectivity index (χ4n) is 0.873. The Labute approximate surface area is 103 Å². The number of hydrogen-bond donors (Lipinski definition) is 0. The van der Waals surface area contributed by atoms with E-state index in [2.05, 4.69) is 25.2 Å². The van der Waals surface area contributed by atoms with Gasteiger partial charge in [-0.15, -0.1) is 6.67 Å². The number of amides is 1. The van der Waals surface area contributed by atoms with Crippen molar-refractivity contribution in [2.24, 2.45) is 0 Å². The van der Waals surface area contributed by atoms with Gasteiger partial charge in [0.25, 0.3) is 0 Å². The molecular formula is C9H15ClCuN2O2. The number of ether oxygens (including phenoxy) is 1. The van der Waals surface area contributed by atoms with E-state index in [0.717, 1.165) is 0 Å². The molecule has 0 saturated heterocycles. The molecule has 0 atom stereocenters. The summed E-state index contributed by atoms with van der Waals surface area (Å²) in [6, 6.07) is 0. The van der Waals surface area contributed by atoms with E-state index in [1.54, 1.807) is 24.0 Å². The number of nitrogens with zero attached hydrogens (tertiary/aromatic N) is 2. The monoisotopic (exact) mass is 281 g/mol. The molecule has 0 saturated carbocycles. The summed E-state index contributed by atoms with van der Waals surface area (Å²) in [4.78, 5) is 14.6. The first kappa shape index (κ1) is 14.6. The summed E-state index contributed by atoms with van der Waals surface area (Å²) < 4.78 is 5.15. The zero-order chi connectivity index (χ0) is 12.1. The summed E-state index contributed by atoms with van der Waals surface area (Å²) >= 11 is 3.66. The van der Waals surface area contributed by atoms with Gasteiger partial charge in [-0.05, 0) is 40.2 Å².